The van der Waals surface area contributed by atoms with Crippen molar-refractivity contribution in [3.63, 3.8) is 0 Å². The van der Waals surface area contributed by atoms with Crippen molar-refractivity contribution in [3.05, 3.63) is 40.2 Å². The lowest BCUT2D eigenvalue weighted by molar-refractivity contribution is 0.288. The lowest BCUT2D eigenvalue weighted by Crippen LogP contribution is -2.11. The number of nitrogens with one attached hydrogen (secondary N) is 2. The summed E-state index contributed by atoms with van der Waals surface area (Å²) in [5, 5.41) is 38.9. The summed E-state index contributed by atoms with van der Waals surface area (Å²) in [6.07, 6.45) is 4.65. The number of halogens is 1. The summed E-state index contributed by atoms with van der Waals surface area (Å²) in [5.74, 6) is 0.756. The number of nitrogens with zero attached hydrogens (tertiary/aromatic N) is 6. The summed E-state index contributed by atoms with van der Waals surface area (Å²) in [4.78, 5) is 8.73. The van der Waals surface area contributed by atoms with Gasteiger partial charge in [0.15, 0.2) is 17.2 Å². The molecule has 0 amide bonds. The van der Waals surface area contributed by atoms with Gasteiger partial charge in [0.1, 0.15) is 6.07 Å². The van der Waals surface area contributed by atoms with E-state index in [1.165, 1.54) is 10.7 Å². The van der Waals surface area contributed by atoms with Gasteiger partial charge in [-0.2, -0.15) is 20.0 Å². The van der Waals surface area contributed by atoms with E-state index in [1.807, 2.05) is 0 Å². The van der Waals surface area contributed by atoms with Gasteiger partial charge in [0, 0.05) is 12.6 Å². The number of anilines is 3. The van der Waals surface area contributed by atoms with Crippen molar-refractivity contribution in [2.75, 3.05) is 17.2 Å². The summed E-state index contributed by atoms with van der Waals surface area (Å²) < 4.78 is 1.43. The van der Waals surface area contributed by atoms with Gasteiger partial charge in [-0.25, -0.2) is 4.98 Å². The maximum Gasteiger partial charge on any atom is 0.247 e. The molecule has 10 heteroatoms. The van der Waals surface area contributed by atoms with E-state index < -0.39 is 0 Å². The van der Waals surface area contributed by atoms with Crippen LogP contribution in [0.5, 0.6) is 0 Å². The first-order valence-corrected chi connectivity index (χ1v) is 9.53. The topological polar surface area (TPSA) is 135 Å². The Labute approximate surface area is 171 Å². The Kier molecular flexibility index (Phi) is 5.17. The molecule has 3 aromatic rings. The second kappa shape index (κ2) is 7.92. The maximum absolute atomic E-state index is 9.46. The predicted molar refractivity (Wildman–Crippen MR) is 107 cm³/mol. The lowest BCUT2D eigenvalue weighted by atomic mass is 10.0. The molecule has 1 aliphatic carbocycles. The van der Waals surface area contributed by atoms with Crippen molar-refractivity contribution >= 4 is 34.7 Å². The largest absolute Gasteiger partial charge is 0.396 e. The maximum atomic E-state index is 9.46. The predicted octanol–water partition coefficient (Wildman–Crippen LogP) is 2.76. The number of aliphatic hydroxyl groups excluding tert-OH is 1. The molecule has 1 fully saturated rings. The summed E-state index contributed by atoms with van der Waals surface area (Å²) >= 11 is 6.40. The molecule has 1 aromatic carbocycles. The van der Waals surface area contributed by atoms with Gasteiger partial charge in [-0.3, -0.25) is 0 Å². The number of aliphatic hydroxyl groups is 1. The molecule has 0 radical (unpaired) electrons. The van der Waals surface area contributed by atoms with E-state index in [0.717, 1.165) is 18.4 Å². The summed E-state index contributed by atoms with van der Waals surface area (Å²) in [6, 6.07) is 7.89. The number of rotatable bonds is 7. The number of nitriles is 2. The molecule has 0 bridgehead atoms. The number of aryl methyl sites for hydroxylation is 1. The normalized spacial score (nSPS) is 13.1. The van der Waals surface area contributed by atoms with Crippen molar-refractivity contribution in [1.82, 2.24) is 19.6 Å². The average molecular weight is 409 g/mol. The Balaban J connectivity index is 1.72. The molecule has 4 rings (SSSR count). The highest BCUT2D eigenvalue weighted by Gasteiger charge is 2.24. The average Bonchev–Trinajstić information content (AvgIpc) is 3.44. The third kappa shape index (κ3) is 3.92. The van der Waals surface area contributed by atoms with Crippen LogP contribution in [0.15, 0.2) is 18.3 Å². The molecule has 1 saturated carbocycles. The molecule has 0 atom stereocenters. The van der Waals surface area contributed by atoms with E-state index in [4.69, 9.17) is 16.7 Å². The standard InChI is InChI=1S/C19H17ClN8O/c20-15-6-11(2-1-5-29)12(8-21)7-16(15)25-19-26-17(24-13-3-4-13)18-23-10-14(9-22)28(18)27-19/h6-7,10,13,29H,1-5H2,(H2,24,25,26,27). The van der Waals surface area contributed by atoms with Crippen molar-refractivity contribution in [3.8, 4) is 12.1 Å². The van der Waals surface area contributed by atoms with Gasteiger partial charge in [0.25, 0.3) is 0 Å². The van der Waals surface area contributed by atoms with Gasteiger partial charge in [0.05, 0.1) is 28.5 Å². The fourth-order valence-electron chi connectivity index (χ4n) is 2.94. The minimum atomic E-state index is 0.0409. The Bertz CT molecular complexity index is 1160. The molecular weight excluding hydrogens is 392 g/mol. The zero-order valence-corrected chi connectivity index (χ0v) is 16.1. The monoisotopic (exact) mass is 408 g/mol. The van der Waals surface area contributed by atoms with Crippen LogP contribution in [0.4, 0.5) is 17.5 Å². The first kappa shape index (κ1) is 18.9. The fourth-order valence-corrected chi connectivity index (χ4v) is 3.17. The number of imidazole rings is 1. The van der Waals surface area contributed by atoms with Crippen LogP contribution in [0, 0.1) is 22.7 Å². The summed E-state index contributed by atoms with van der Waals surface area (Å²) in [6.45, 7) is 0.0409. The highest BCUT2D eigenvalue weighted by atomic mass is 35.5. The molecule has 1 aliphatic rings. The first-order chi connectivity index (χ1) is 14.1. The Morgan fingerprint density at radius 1 is 1.28 bits per heavy atom. The van der Waals surface area contributed by atoms with Gasteiger partial charge in [-0.15, -0.1) is 5.10 Å². The highest BCUT2D eigenvalue weighted by Crippen LogP contribution is 2.30. The lowest BCUT2D eigenvalue weighted by Gasteiger charge is -2.12. The molecule has 9 nitrogen and oxygen atoms in total. The van der Waals surface area contributed by atoms with Crippen LogP contribution < -0.4 is 10.6 Å². The second-order valence-corrected chi connectivity index (χ2v) is 7.15. The van der Waals surface area contributed by atoms with Crippen LogP contribution >= 0.6 is 11.6 Å². The van der Waals surface area contributed by atoms with E-state index >= 15 is 0 Å². The molecule has 2 heterocycles. The van der Waals surface area contributed by atoms with Gasteiger partial charge in [0.2, 0.25) is 5.95 Å². The minimum absolute atomic E-state index is 0.0409. The Hall–Kier alpha value is -3.40. The van der Waals surface area contributed by atoms with Gasteiger partial charge < -0.3 is 15.7 Å². The number of hydrogen-bond acceptors (Lipinski definition) is 8. The Morgan fingerprint density at radius 3 is 2.79 bits per heavy atom. The second-order valence-electron chi connectivity index (χ2n) is 6.75. The van der Waals surface area contributed by atoms with Crippen LogP contribution in [0.25, 0.3) is 5.65 Å². The van der Waals surface area contributed by atoms with E-state index in [0.29, 0.717) is 46.6 Å². The zero-order valence-electron chi connectivity index (χ0n) is 15.4. The van der Waals surface area contributed by atoms with Crippen molar-refractivity contribution in [1.29, 1.82) is 10.5 Å². The molecule has 0 unspecified atom stereocenters. The summed E-state index contributed by atoms with van der Waals surface area (Å²) in [5.41, 5.74) is 2.47. The van der Waals surface area contributed by atoms with Gasteiger partial charge in [-0.05, 0) is 43.4 Å². The molecule has 0 aliphatic heterocycles. The molecule has 0 spiro atoms. The molecule has 146 valence electrons. The third-order valence-electron chi connectivity index (χ3n) is 4.56. The molecular formula is C19H17ClN8O. The van der Waals surface area contributed by atoms with E-state index in [-0.39, 0.29) is 18.2 Å². The number of benzene rings is 1. The van der Waals surface area contributed by atoms with Crippen LogP contribution in [0.2, 0.25) is 5.02 Å². The minimum Gasteiger partial charge on any atom is -0.396 e. The third-order valence-corrected chi connectivity index (χ3v) is 4.87. The zero-order chi connectivity index (χ0) is 20.4. The van der Waals surface area contributed by atoms with Crippen molar-refractivity contribution < 1.29 is 5.11 Å². The first-order valence-electron chi connectivity index (χ1n) is 9.15. The molecule has 29 heavy (non-hydrogen) atoms. The number of aromatic nitrogens is 4. The van der Waals surface area contributed by atoms with E-state index in [9.17, 15) is 10.5 Å². The molecule has 0 saturated heterocycles. The van der Waals surface area contributed by atoms with Crippen molar-refractivity contribution in [2.45, 2.75) is 31.7 Å². The number of hydrogen-bond donors (Lipinski definition) is 3. The van der Waals surface area contributed by atoms with Gasteiger partial charge >= 0.3 is 0 Å². The van der Waals surface area contributed by atoms with E-state index in [2.05, 4.69) is 37.8 Å². The van der Waals surface area contributed by atoms with E-state index in [1.54, 1.807) is 12.1 Å². The van der Waals surface area contributed by atoms with Gasteiger partial charge in [-0.1, -0.05) is 11.6 Å². The van der Waals surface area contributed by atoms with Crippen LogP contribution in [0.3, 0.4) is 0 Å². The quantitative estimate of drug-likeness (QED) is 0.543. The Morgan fingerprint density at radius 2 is 2.10 bits per heavy atom. The molecule has 2 aromatic heterocycles. The van der Waals surface area contributed by atoms with Crippen molar-refractivity contribution in [2.24, 2.45) is 0 Å². The van der Waals surface area contributed by atoms with Crippen LogP contribution in [-0.4, -0.2) is 37.3 Å². The van der Waals surface area contributed by atoms with Crippen LogP contribution in [-0.2, 0) is 6.42 Å². The SMILES string of the molecule is N#Cc1cc(Nc2nc(NC3CC3)c3ncc(C#N)n3n2)c(Cl)cc1CCCO. The summed E-state index contributed by atoms with van der Waals surface area (Å²) in [7, 11) is 0. The smallest absolute Gasteiger partial charge is 0.247 e. The number of fused-ring (bicyclic) bond motifs is 1. The van der Waals surface area contributed by atoms with Crippen LogP contribution in [0.1, 0.15) is 36.1 Å². The fraction of sp³-hybridized carbons (Fsp3) is 0.316. The highest BCUT2D eigenvalue weighted by molar-refractivity contribution is 6.33. The molecule has 3 N–H and O–H groups in total.